The molecule has 1 spiro atoms. The van der Waals surface area contributed by atoms with Gasteiger partial charge in [0, 0.05) is 56.5 Å². The molecule has 6 heterocycles. The number of nitrogens with zero attached hydrogens (tertiary/aromatic N) is 5. The molecule has 4 aliphatic rings. The van der Waals surface area contributed by atoms with Crippen LogP contribution in [0, 0.1) is 16.2 Å². The molecule has 3 N–H and O–H groups in total. The molecule has 9 rings (SSSR count). The minimum atomic E-state index is -4.44. The summed E-state index contributed by atoms with van der Waals surface area (Å²) < 4.78 is 41.1. The first-order valence-corrected chi connectivity index (χ1v) is 23.1. The Morgan fingerprint density at radius 1 is 1.02 bits per heavy atom. The van der Waals surface area contributed by atoms with Crippen LogP contribution in [-0.2, 0) is 14.8 Å². The van der Waals surface area contributed by atoms with Crippen LogP contribution in [0.15, 0.2) is 89.2 Å². The number of hydrogen-bond acceptors (Lipinski definition) is 12. The van der Waals surface area contributed by atoms with Gasteiger partial charge in [0.05, 0.1) is 16.8 Å². The number of nitroso groups, excluding NO2 is 1. The molecule has 3 saturated heterocycles. The van der Waals surface area contributed by atoms with Crippen molar-refractivity contribution in [2.24, 2.45) is 16.5 Å². The molecule has 4 fully saturated rings. The predicted molar refractivity (Wildman–Crippen MR) is 235 cm³/mol. The highest BCUT2D eigenvalue weighted by Crippen LogP contribution is 2.54. The van der Waals surface area contributed by atoms with E-state index in [2.05, 4.69) is 73.1 Å². The number of aromatic amines is 1. The van der Waals surface area contributed by atoms with Crippen LogP contribution in [-0.4, -0.2) is 79.6 Å². The van der Waals surface area contributed by atoms with Gasteiger partial charge in [0.1, 0.15) is 28.5 Å². The maximum Gasteiger partial charge on any atom is 0.270 e. The number of benzene rings is 2. The number of carbonyl (C=O) groups is 1. The highest BCUT2D eigenvalue weighted by atomic mass is 32.2. The van der Waals surface area contributed by atoms with Crippen LogP contribution in [0.5, 0.6) is 11.6 Å². The van der Waals surface area contributed by atoms with Crippen LogP contribution in [0.3, 0.4) is 0 Å². The second kappa shape index (κ2) is 17.2. The van der Waals surface area contributed by atoms with Gasteiger partial charge in [-0.3, -0.25) is 9.69 Å². The fraction of sp³-hybridized carbons (Fsp3) is 0.457. The lowest BCUT2D eigenvalue weighted by Crippen LogP contribution is -2.55. The lowest BCUT2D eigenvalue weighted by molar-refractivity contribution is -0.0228. The monoisotopic (exact) mass is 846 g/mol. The zero-order valence-corrected chi connectivity index (χ0v) is 35.6. The van der Waals surface area contributed by atoms with Gasteiger partial charge in [0.15, 0.2) is 0 Å². The standard InChI is InChI=1S/C46H54N8O6S/c1-30(2)36-6-3-4-7-37(36)41-8-5-19-54(41)33-26-46(27-33)16-20-53(21-17-46)42-12-10-38(45(50-42)60-34-24-32-13-18-47-43(32)49-29-34)44(55)52-61(57,58)35-9-11-39(40(25-35)51-56)48-28-31-14-22-59-23-15-31/h3-4,6-7,9-13,18,24-25,29-31,33,41,48H,5,8,14-17,19-23,26-28H2,1-2H3,(H,47,49)(H,52,55). The molecule has 1 saturated carbocycles. The van der Waals surface area contributed by atoms with E-state index in [1.165, 1.54) is 55.1 Å². The number of H-pyrrole nitrogens is 1. The van der Waals surface area contributed by atoms with E-state index >= 15 is 0 Å². The number of aromatic nitrogens is 3. The first-order valence-electron chi connectivity index (χ1n) is 21.7. The van der Waals surface area contributed by atoms with Gasteiger partial charge in [-0.15, -0.1) is 4.91 Å². The zero-order chi connectivity index (χ0) is 42.1. The average Bonchev–Trinajstić information content (AvgIpc) is 3.95. The number of likely N-dealkylation sites (tertiary alicyclic amines) is 1. The summed E-state index contributed by atoms with van der Waals surface area (Å²) in [6, 6.07) is 21.0. The fourth-order valence-corrected chi connectivity index (χ4v) is 11.0. The van der Waals surface area contributed by atoms with Gasteiger partial charge in [0.2, 0.25) is 5.88 Å². The number of fused-ring (bicyclic) bond motifs is 1. The van der Waals surface area contributed by atoms with E-state index in [0.717, 1.165) is 56.8 Å². The number of rotatable bonds is 13. The van der Waals surface area contributed by atoms with Crippen molar-refractivity contribution >= 4 is 44.2 Å². The van der Waals surface area contributed by atoms with Crippen molar-refractivity contribution in [1.29, 1.82) is 0 Å². The molecular formula is C46H54N8O6S. The van der Waals surface area contributed by atoms with Gasteiger partial charge < -0.3 is 24.7 Å². The Labute approximate surface area is 356 Å². The third kappa shape index (κ3) is 8.60. The molecule has 320 valence electrons. The van der Waals surface area contributed by atoms with Gasteiger partial charge in [-0.05, 0) is 134 Å². The molecule has 1 unspecified atom stereocenters. The Hall–Kier alpha value is -5.38. The lowest BCUT2D eigenvalue weighted by Gasteiger charge is -2.56. The fourth-order valence-electron chi connectivity index (χ4n) is 9.98. The normalized spacial score (nSPS) is 19.9. The van der Waals surface area contributed by atoms with E-state index < -0.39 is 15.9 Å². The molecule has 2 aromatic carbocycles. The minimum Gasteiger partial charge on any atom is -0.436 e. The summed E-state index contributed by atoms with van der Waals surface area (Å²) in [5, 5.41) is 7.10. The Bertz CT molecular complexity index is 2500. The Morgan fingerprint density at radius 2 is 1.82 bits per heavy atom. The van der Waals surface area contributed by atoms with Crippen LogP contribution < -0.4 is 19.7 Å². The number of nitrogens with one attached hydrogen (secondary N) is 3. The summed E-state index contributed by atoms with van der Waals surface area (Å²) in [6.45, 7) is 9.31. The van der Waals surface area contributed by atoms with Crippen LogP contribution >= 0.6 is 0 Å². The van der Waals surface area contributed by atoms with Crippen molar-refractivity contribution in [3.63, 3.8) is 0 Å². The predicted octanol–water partition coefficient (Wildman–Crippen LogP) is 8.81. The molecule has 15 heteroatoms. The van der Waals surface area contributed by atoms with Crippen LogP contribution in [0.25, 0.3) is 11.0 Å². The van der Waals surface area contributed by atoms with Gasteiger partial charge in [-0.25, -0.2) is 18.1 Å². The average molecular weight is 847 g/mol. The topological polar surface area (TPSA) is 171 Å². The largest absolute Gasteiger partial charge is 0.436 e. The highest BCUT2D eigenvalue weighted by Gasteiger charge is 2.50. The molecule has 61 heavy (non-hydrogen) atoms. The first-order chi connectivity index (χ1) is 29.6. The number of piperidine rings is 1. The zero-order valence-electron chi connectivity index (χ0n) is 34.8. The molecule has 3 aliphatic heterocycles. The summed E-state index contributed by atoms with van der Waals surface area (Å²) in [5.41, 5.74) is 4.22. The molecule has 0 radical (unpaired) electrons. The number of sulfonamides is 1. The quantitative estimate of drug-likeness (QED) is 0.0968. The Morgan fingerprint density at radius 3 is 2.61 bits per heavy atom. The van der Waals surface area contributed by atoms with E-state index in [9.17, 15) is 18.1 Å². The van der Waals surface area contributed by atoms with Crippen LogP contribution in [0.4, 0.5) is 17.2 Å². The van der Waals surface area contributed by atoms with Crippen molar-refractivity contribution in [2.75, 3.05) is 49.6 Å². The van der Waals surface area contributed by atoms with Gasteiger partial charge in [0.25, 0.3) is 15.9 Å². The third-order valence-electron chi connectivity index (χ3n) is 13.4. The Kier molecular flexibility index (Phi) is 11.5. The maximum atomic E-state index is 13.9. The van der Waals surface area contributed by atoms with Gasteiger partial charge in [-0.2, -0.15) is 4.98 Å². The number of ether oxygens (including phenoxy) is 2. The summed E-state index contributed by atoms with van der Waals surface area (Å²) >= 11 is 0. The van der Waals surface area contributed by atoms with Crippen molar-refractivity contribution in [1.82, 2.24) is 24.6 Å². The molecular weight excluding hydrogens is 793 g/mol. The van der Waals surface area contributed by atoms with Crippen LogP contribution in [0.1, 0.15) is 98.7 Å². The summed E-state index contributed by atoms with van der Waals surface area (Å²) in [5.74, 6) is 0.874. The number of pyridine rings is 2. The molecule has 3 aromatic heterocycles. The van der Waals surface area contributed by atoms with Crippen molar-refractivity contribution in [3.8, 4) is 11.6 Å². The molecule has 14 nitrogen and oxygen atoms in total. The molecule has 1 aliphatic carbocycles. The lowest BCUT2D eigenvalue weighted by atomic mass is 9.60. The van der Waals surface area contributed by atoms with Crippen LogP contribution in [0.2, 0.25) is 0 Å². The summed E-state index contributed by atoms with van der Waals surface area (Å²) in [7, 11) is -4.44. The second-order valence-electron chi connectivity index (χ2n) is 17.6. The van der Waals surface area contributed by atoms with E-state index in [0.29, 0.717) is 72.0 Å². The number of carbonyl (C=O) groups excluding carboxylic acids is 1. The van der Waals surface area contributed by atoms with E-state index in [-0.39, 0.29) is 22.0 Å². The van der Waals surface area contributed by atoms with E-state index in [1.54, 1.807) is 24.4 Å². The third-order valence-corrected chi connectivity index (χ3v) is 14.8. The van der Waals surface area contributed by atoms with Crippen molar-refractivity contribution in [2.45, 2.75) is 88.1 Å². The minimum absolute atomic E-state index is 0.0458. The van der Waals surface area contributed by atoms with E-state index in [4.69, 9.17) is 14.5 Å². The highest BCUT2D eigenvalue weighted by molar-refractivity contribution is 7.90. The van der Waals surface area contributed by atoms with Gasteiger partial charge in [-0.1, -0.05) is 38.1 Å². The second-order valence-corrected chi connectivity index (χ2v) is 19.3. The SMILES string of the molecule is CC(C)c1ccccc1C1CCCN1C1CC2(CCN(c3ccc(C(=O)NS(=O)(=O)c4ccc(NCC5CCOCC5)c(N=O)c4)c(Oc4cnc5[nH]ccc5c4)n3)CC2)C1. The smallest absolute Gasteiger partial charge is 0.270 e. The molecule has 1 amide bonds. The molecule has 1 atom stereocenters. The maximum absolute atomic E-state index is 13.9. The Balaban J connectivity index is 0.896. The van der Waals surface area contributed by atoms with E-state index in [1.807, 2.05) is 6.07 Å². The van der Waals surface area contributed by atoms with Crippen molar-refractivity contribution in [3.05, 3.63) is 101 Å². The first kappa shape index (κ1) is 41.0. The molecule has 0 bridgehead atoms. The van der Waals surface area contributed by atoms with Gasteiger partial charge >= 0.3 is 0 Å². The summed E-state index contributed by atoms with van der Waals surface area (Å²) in [4.78, 5) is 42.8. The number of anilines is 2. The molecule has 5 aromatic rings. The van der Waals surface area contributed by atoms with Crippen molar-refractivity contribution < 1.29 is 22.7 Å². The number of hydrogen-bond donors (Lipinski definition) is 3. The number of amides is 1. The summed E-state index contributed by atoms with van der Waals surface area (Å²) in [6.07, 6.45) is 12.0.